The minimum atomic E-state index is -0.274. The first-order valence-electron chi connectivity index (χ1n) is 5.52. The summed E-state index contributed by atoms with van der Waals surface area (Å²) in [6.45, 7) is 0. The molecule has 1 aliphatic rings. The fraction of sp³-hybridized carbons (Fsp3) is 0. The van der Waals surface area contributed by atoms with Gasteiger partial charge in [-0.25, -0.2) is 0 Å². The van der Waals surface area contributed by atoms with E-state index in [9.17, 15) is 10.0 Å². The highest BCUT2D eigenvalue weighted by Crippen LogP contribution is 2.30. The van der Waals surface area contributed by atoms with Crippen molar-refractivity contribution >= 4 is 44.7 Å². The van der Waals surface area contributed by atoms with Gasteiger partial charge < -0.3 is 5.21 Å². The molecule has 0 fully saturated rings. The van der Waals surface area contributed by atoms with Gasteiger partial charge in [-0.15, -0.1) is 0 Å². The van der Waals surface area contributed by atoms with Crippen molar-refractivity contribution in [1.29, 1.82) is 0 Å². The topological polar surface area (TPSA) is 43.1 Å². The van der Waals surface area contributed by atoms with Gasteiger partial charge in [0.05, 0.1) is 5.56 Å². The Morgan fingerprint density at radius 2 is 1.79 bits per heavy atom. The molecule has 0 saturated carbocycles. The van der Waals surface area contributed by atoms with Crippen LogP contribution in [0, 0.1) is 5.21 Å². The number of halogens is 2. The Morgan fingerprint density at radius 3 is 2.47 bits per heavy atom. The van der Waals surface area contributed by atoms with E-state index in [1.165, 1.54) is 6.07 Å². The van der Waals surface area contributed by atoms with Crippen LogP contribution in [0.3, 0.4) is 0 Å². The molecule has 0 amide bonds. The monoisotopic (exact) mass is 335 g/mol. The minimum absolute atomic E-state index is 0.129. The van der Waals surface area contributed by atoms with Gasteiger partial charge in [0.25, 0.3) is 11.5 Å². The molecular weight excluding hydrogens is 330 g/mol. The van der Waals surface area contributed by atoms with Crippen LogP contribution in [-0.2, 0) is 0 Å². The molecule has 19 heavy (non-hydrogen) atoms. The van der Waals surface area contributed by atoms with Gasteiger partial charge in [0.15, 0.2) is 0 Å². The molecule has 3 nitrogen and oxygen atoms in total. The maximum atomic E-state index is 12.3. The SMILES string of the molecule is O=C1C(c2ccc(Br)cc2)=[N+]([O-])c2cc(Cl)ccc21. The van der Waals surface area contributed by atoms with Crippen molar-refractivity contribution in [2.45, 2.75) is 0 Å². The van der Waals surface area contributed by atoms with Gasteiger partial charge in [-0.1, -0.05) is 27.5 Å². The maximum absolute atomic E-state index is 12.3. The number of carbonyl (C=O) groups is 1. The number of fused-ring (bicyclic) bond motifs is 1. The lowest BCUT2D eigenvalue weighted by Gasteiger charge is -2.02. The van der Waals surface area contributed by atoms with E-state index in [0.717, 1.165) is 4.47 Å². The number of Topliss-reactive ketones (excluding diaryl/α,β-unsaturated/α-hetero) is 1. The summed E-state index contributed by atoms with van der Waals surface area (Å²) in [6, 6.07) is 11.7. The fourth-order valence-corrected chi connectivity index (χ4v) is 2.49. The molecule has 0 N–H and O–H groups in total. The van der Waals surface area contributed by atoms with Crippen molar-refractivity contribution in [3.63, 3.8) is 0 Å². The quantitative estimate of drug-likeness (QED) is 0.585. The number of hydrogen-bond donors (Lipinski definition) is 0. The summed E-state index contributed by atoms with van der Waals surface area (Å²) in [7, 11) is 0. The van der Waals surface area contributed by atoms with Crippen molar-refractivity contribution in [2.75, 3.05) is 0 Å². The van der Waals surface area contributed by atoms with Crippen molar-refractivity contribution in [3.05, 3.63) is 68.3 Å². The van der Waals surface area contributed by atoms with E-state index in [4.69, 9.17) is 11.6 Å². The summed E-state index contributed by atoms with van der Waals surface area (Å²) in [5.74, 6) is -0.274. The first-order chi connectivity index (χ1) is 9.08. The number of carbonyl (C=O) groups excluding carboxylic acids is 1. The second-order valence-corrected chi connectivity index (χ2v) is 5.49. The van der Waals surface area contributed by atoms with Crippen LogP contribution in [0.2, 0.25) is 5.02 Å². The number of rotatable bonds is 1. The molecule has 5 heteroatoms. The number of hydrogen-bond acceptors (Lipinski definition) is 2. The number of benzene rings is 2. The summed E-state index contributed by atoms with van der Waals surface area (Å²) in [4.78, 5) is 12.3. The lowest BCUT2D eigenvalue weighted by molar-refractivity contribution is -0.355. The summed E-state index contributed by atoms with van der Waals surface area (Å²) in [6.07, 6.45) is 0. The molecule has 0 aromatic heterocycles. The van der Waals surface area contributed by atoms with Crippen molar-refractivity contribution in [2.24, 2.45) is 0 Å². The normalized spacial score (nSPS) is 13.9. The van der Waals surface area contributed by atoms with Crippen molar-refractivity contribution < 1.29 is 9.53 Å². The van der Waals surface area contributed by atoms with Crippen LogP contribution in [0.1, 0.15) is 15.9 Å². The molecule has 0 bridgehead atoms. The molecule has 1 aliphatic heterocycles. The van der Waals surface area contributed by atoms with Gasteiger partial charge in [0, 0.05) is 15.6 Å². The van der Waals surface area contributed by atoms with Gasteiger partial charge in [0.1, 0.15) is 5.56 Å². The zero-order valence-electron chi connectivity index (χ0n) is 9.56. The molecule has 0 spiro atoms. The highest BCUT2D eigenvalue weighted by molar-refractivity contribution is 9.10. The highest BCUT2D eigenvalue weighted by Gasteiger charge is 2.36. The Morgan fingerprint density at radius 1 is 1.11 bits per heavy atom. The zero-order valence-corrected chi connectivity index (χ0v) is 11.9. The smallest absolute Gasteiger partial charge is 0.272 e. The molecular formula is C14H7BrClNO2. The Labute approximate surface area is 122 Å². The van der Waals surface area contributed by atoms with Gasteiger partial charge in [-0.2, -0.15) is 4.74 Å². The molecule has 3 rings (SSSR count). The molecule has 0 unspecified atom stereocenters. The van der Waals surface area contributed by atoms with Crippen LogP contribution >= 0.6 is 27.5 Å². The van der Waals surface area contributed by atoms with Crippen LogP contribution in [0.15, 0.2) is 46.9 Å². The van der Waals surface area contributed by atoms with E-state index < -0.39 is 0 Å². The third-order valence-corrected chi connectivity index (χ3v) is 3.72. The summed E-state index contributed by atoms with van der Waals surface area (Å²) < 4.78 is 1.53. The molecule has 1 heterocycles. The van der Waals surface area contributed by atoms with Crippen LogP contribution in [0.5, 0.6) is 0 Å². The Hall–Kier alpha value is -1.65. The van der Waals surface area contributed by atoms with E-state index >= 15 is 0 Å². The molecule has 0 aliphatic carbocycles. The van der Waals surface area contributed by atoms with Crippen molar-refractivity contribution in [1.82, 2.24) is 0 Å². The lowest BCUT2D eigenvalue weighted by atomic mass is 10.0. The van der Waals surface area contributed by atoms with E-state index in [1.54, 1.807) is 36.4 Å². The van der Waals surface area contributed by atoms with Crippen LogP contribution in [0.4, 0.5) is 5.69 Å². The summed E-state index contributed by atoms with van der Waals surface area (Å²) >= 11 is 9.18. The summed E-state index contributed by atoms with van der Waals surface area (Å²) in [5, 5.41) is 12.7. The second-order valence-electron chi connectivity index (χ2n) is 4.14. The third kappa shape index (κ3) is 1.97. The number of nitrogens with zero attached hydrogens (tertiary/aromatic N) is 1. The van der Waals surface area contributed by atoms with E-state index in [0.29, 0.717) is 26.6 Å². The number of ketones is 1. The van der Waals surface area contributed by atoms with Crippen LogP contribution in [-0.4, -0.2) is 16.2 Å². The van der Waals surface area contributed by atoms with Gasteiger partial charge in [0.2, 0.25) is 5.69 Å². The Kier molecular flexibility index (Phi) is 2.92. The average molecular weight is 337 g/mol. The predicted octanol–water partition coefficient (Wildman–Crippen LogP) is 3.93. The van der Waals surface area contributed by atoms with Crippen LogP contribution < -0.4 is 0 Å². The molecule has 0 saturated heterocycles. The van der Waals surface area contributed by atoms with Crippen molar-refractivity contribution in [3.8, 4) is 0 Å². The first kappa shape index (κ1) is 12.4. The highest BCUT2D eigenvalue weighted by atomic mass is 79.9. The van der Waals surface area contributed by atoms with Gasteiger partial charge in [-0.05, 0) is 36.4 Å². The third-order valence-electron chi connectivity index (χ3n) is 2.96. The second kappa shape index (κ2) is 4.47. The predicted molar refractivity (Wildman–Crippen MR) is 77.3 cm³/mol. The molecule has 2 aromatic carbocycles. The van der Waals surface area contributed by atoms with Crippen LogP contribution in [0.25, 0.3) is 0 Å². The molecule has 0 atom stereocenters. The van der Waals surface area contributed by atoms with Gasteiger partial charge in [-0.3, -0.25) is 4.79 Å². The standard InChI is InChI=1S/C14H7BrClNO2/c15-9-3-1-8(2-4-9)13-14(18)11-6-5-10(16)7-12(11)17(13)19/h1-7H. The van der Waals surface area contributed by atoms with Gasteiger partial charge >= 0.3 is 0 Å². The molecule has 94 valence electrons. The first-order valence-corrected chi connectivity index (χ1v) is 6.69. The van der Waals surface area contributed by atoms with E-state index in [2.05, 4.69) is 15.9 Å². The van der Waals surface area contributed by atoms with E-state index in [1.807, 2.05) is 0 Å². The maximum Gasteiger partial charge on any atom is 0.272 e. The Bertz CT molecular complexity index is 723. The minimum Gasteiger partial charge on any atom is -0.618 e. The average Bonchev–Trinajstić information content (AvgIpc) is 2.63. The largest absolute Gasteiger partial charge is 0.618 e. The molecule has 0 radical (unpaired) electrons. The summed E-state index contributed by atoms with van der Waals surface area (Å²) in [5.41, 5.74) is 1.41. The zero-order chi connectivity index (χ0) is 13.6. The lowest BCUT2D eigenvalue weighted by Crippen LogP contribution is -2.16. The molecule has 2 aromatic rings. The fourth-order valence-electron chi connectivity index (χ4n) is 2.06. The Balaban J connectivity index is 2.18. The van der Waals surface area contributed by atoms with E-state index in [-0.39, 0.29) is 11.5 Å².